The number of rotatable bonds is 7. The van der Waals surface area contributed by atoms with Gasteiger partial charge >= 0.3 is 5.97 Å². The number of hydrogen-bond acceptors (Lipinski definition) is 4. The minimum atomic E-state index is -0.942. The molecule has 0 aliphatic carbocycles. The summed E-state index contributed by atoms with van der Waals surface area (Å²) in [6, 6.07) is 5.67. The van der Waals surface area contributed by atoms with Gasteiger partial charge in [0.25, 0.3) is 5.69 Å². The van der Waals surface area contributed by atoms with Crippen molar-refractivity contribution < 1.29 is 19.6 Å². The van der Waals surface area contributed by atoms with E-state index in [1.165, 1.54) is 24.3 Å². The summed E-state index contributed by atoms with van der Waals surface area (Å²) >= 11 is 0. The molecule has 0 aliphatic rings. The molecule has 1 aromatic carbocycles. The van der Waals surface area contributed by atoms with E-state index >= 15 is 0 Å². The number of carbonyl (C=O) groups is 2. The number of aliphatic carboxylic acids is 1. The van der Waals surface area contributed by atoms with Gasteiger partial charge in [0.05, 0.1) is 17.3 Å². The lowest BCUT2D eigenvalue weighted by atomic mass is 10.1. The van der Waals surface area contributed by atoms with Gasteiger partial charge in [-0.3, -0.25) is 19.7 Å². The van der Waals surface area contributed by atoms with Gasteiger partial charge in [-0.2, -0.15) is 0 Å². The standard InChI is InChI=1S/C13H16N2O5/c1-2-10(13(17)18)8-14-12(16)7-9-3-5-11(6-4-9)15(19)20/h3-6,10H,2,7-8H2,1H3,(H,14,16)(H,17,18). The first-order chi connectivity index (χ1) is 9.43. The van der Waals surface area contributed by atoms with Crippen molar-refractivity contribution in [1.29, 1.82) is 0 Å². The van der Waals surface area contributed by atoms with Crippen LogP contribution in [0.2, 0.25) is 0 Å². The summed E-state index contributed by atoms with van der Waals surface area (Å²) in [5, 5.41) is 21.9. The van der Waals surface area contributed by atoms with Gasteiger partial charge < -0.3 is 10.4 Å². The largest absolute Gasteiger partial charge is 0.481 e. The monoisotopic (exact) mass is 280 g/mol. The molecule has 0 fully saturated rings. The summed E-state index contributed by atoms with van der Waals surface area (Å²) in [7, 11) is 0. The van der Waals surface area contributed by atoms with Crippen LogP contribution in [0.25, 0.3) is 0 Å². The van der Waals surface area contributed by atoms with Crippen molar-refractivity contribution in [3.05, 3.63) is 39.9 Å². The highest BCUT2D eigenvalue weighted by atomic mass is 16.6. The molecule has 0 radical (unpaired) electrons. The first-order valence-electron chi connectivity index (χ1n) is 6.16. The topological polar surface area (TPSA) is 110 Å². The van der Waals surface area contributed by atoms with Gasteiger partial charge in [0.15, 0.2) is 0 Å². The van der Waals surface area contributed by atoms with Crippen molar-refractivity contribution in [1.82, 2.24) is 5.32 Å². The second kappa shape index (κ2) is 7.22. The van der Waals surface area contributed by atoms with Crippen LogP contribution in [0.4, 0.5) is 5.69 Å². The highest BCUT2D eigenvalue weighted by Crippen LogP contribution is 2.12. The first-order valence-corrected chi connectivity index (χ1v) is 6.16. The maximum absolute atomic E-state index is 11.6. The van der Waals surface area contributed by atoms with E-state index in [1.807, 2.05) is 0 Å². The fraction of sp³-hybridized carbons (Fsp3) is 0.385. The van der Waals surface area contributed by atoms with Crippen LogP contribution in [0.1, 0.15) is 18.9 Å². The van der Waals surface area contributed by atoms with Gasteiger partial charge in [0.1, 0.15) is 0 Å². The van der Waals surface area contributed by atoms with Crippen molar-refractivity contribution in [3.63, 3.8) is 0 Å². The lowest BCUT2D eigenvalue weighted by Crippen LogP contribution is -2.33. The number of hydrogen-bond donors (Lipinski definition) is 2. The van der Waals surface area contributed by atoms with Crippen molar-refractivity contribution in [3.8, 4) is 0 Å². The molecule has 7 heteroatoms. The molecule has 1 amide bonds. The Morgan fingerprint density at radius 2 is 1.95 bits per heavy atom. The Morgan fingerprint density at radius 3 is 2.40 bits per heavy atom. The molecule has 0 aromatic heterocycles. The van der Waals surface area contributed by atoms with Gasteiger partial charge in [-0.25, -0.2) is 0 Å². The van der Waals surface area contributed by atoms with Crippen molar-refractivity contribution in [2.75, 3.05) is 6.54 Å². The molecular weight excluding hydrogens is 264 g/mol. The third kappa shape index (κ3) is 4.68. The Morgan fingerprint density at radius 1 is 1.35 bits per heavy atom. The van der Waals surface area contributed by atoms with Crippen LogP contribution < -0.4 is 5.32 Å². The van der Waals surface area contributed by atoms with E-state index in [-0.39, 0.29) is 24.6 Å². The molecule has 0 spiro atoms. The smallest absolute Gasteiger partial charge is 0.308 e. The molecule has 1 rings (SSSR count). The van der Waals surface area contributed by atoms with Crippen LogP contribution in [-0.4, -0.2) is 28.5 Å². The summed E-state index contributed by atoms with van der Waals surface area (Å²) in [6.07, 6.45) is 0.501. The zero-order valence-electron chi connectivity index (χ0n) is 11.0. The van der Waals surface area contributed by atoms with Crippen molar-refractivity contribution >= 4 is 17.6 Å². The van der Waals surface area contributed by atoms with E-state index in [0.717, 1.165) is 0 Å². The molecule has 0 saturated heterocycles. The second-order valence-corrected chi connectivity index (χ2v) is 4.35. The lowest BCUT2D eigenvalue weighted by Gasteiger charge is -2.11. The highest BCUT2D eigenvalue weighted by Gasteiger charge is 2.16. The Hall–Kier alpha value is -2.44. The van der Waals surface area contributed by atoms with Crippen LogP contribution in [0, 0.1) is 16.0 Å². The van der Waals surface area contributed by atoms with Crippen molar-refractivity contribution in [2.24, 2.45) is 5.92 Å². The summed E-state index contributed by atoms with van der Waals surface area (Å²) < 4.78 is 0. The number of carbonyl (C=O) groups excluding carboxylic acids is 1. The van der Waals surface area contributed by atoms with E-state index in [2.05, 4.69) is 5.32 Å². The Balaban J connectivity index is 2.50. The van der Waals surface area contributed by atoms with Crippen molar-refractivity contribution in [2.45, 2.75) is 19.8 Å². The third-order valence-corrected chi connectivity index (χ3v) is 2.90. The average Bonchev–Trinajstić information content (AvgIpc) is 2.39. The Bertz CT molecular complexity index is 498. The van der Waals surface area contributed by atoms with Crippen LogP contribution in [0.5, 0.6) is 0 Å². The second-order valence-electron chi connectivity index (χ2n) is 4.35. The third-order valence-electron chi connectivity index (χ3n) is 2.90. The molecule has 0 aliphatic heterocycles. The van der Waals surface area contributed by atoms with E-state index in [4.69, 9.17) is 5.11 Å². The molecule has 1 aromatic rings. The quantitative estimate of drug-likeness (QED) is 0.579. The van der Waals surface area contributed by atoms with Gasteiger partial charge in [0, 0.05) is 18.7 Å². The minimum absolute atomic E-state index is 0.0360. The fourth-order valence-corrected chi connectivity index (χ4v) is 1.63. The first kappa shape index (κ1) is 15.6. The van der Waals surface area contributed by atoms with E-state index in [1.54, 1.807) is 6.92 Å². The number of nitrogens with zero attached hydrogens (tertiary/aromatic N) is 1. The number of carboxylic acid groups (broad SMARTS) is 1. The Kier molecular flexibility index (Phi) is 5.64. The average molecular weight is 280 g/mol. The Labute approximate surface area is 115 Å². The van der Waals surface area contributed by atoms with Gasteiger partial charge in [-0.15, -0.1) is 0 Å². The molecular formula is C13H16N2O5. The molecule has 108 valence electrons. The van der Waals surface area contributed by atoms with Crippen LogP contribution in [-0.2, 0) is 16.0 Å². The molecule has 0 bridgehead atoms. The summed E-state index contributed by atoms with van der Waals surface area (Å²) in [4.78, 5) is 32.4. The highest BCUT2D eigenvalue weighted by molar-refractivity contribution is 5.79. The molecule has 1 unspecified atom stereocenters. The van der Waals surface area contributed by atoms with Gasteiger partial charge in [-0.05, 0) is 12.0 Å². The number of nitrogens with one attached hydrogen (secondary N) is 1. The van der Waals surface area contributed by atoms with Gasteiger partial charge in [-0.1, -0.05) is 19.1 Å². The predicted molar refractivity (Wildman–Crippen MR) is 71.2 cm³/mol. The molecule has 7 nitrogen and oxygen atoms in total. The summed E-state index contributed by atoms with van der Waals surface area (Å²) in [6.45, 7) is 1.82. The number of benzene rings is 1. The summed E-state index contributed by atoms with van der Waals surface area (Å²) in [5.41, 5.74) is 0.600. The normalized spacial score (nSPS) is 11.7. The molecule has 20 heavy (non-hydrogen) atoms. The SMILES string of the molecule is CCC(CNC(=O)Cc1ccc([N+](=O)[O-])cc1)C(=O)O. The van der Waals surface area contributed by atoms with Crippen LogP contribution in [0.15, 0.2) is 24.3 Å². The van der Waals surface area contributed by atoms with Crippen LogP contribution in [0.3, 0.4) is 0 Å². The van der Waals surface area contributed by atoms with Gasteiger partial charge in [0.2, 0.25) is 5.91 Å². The number of nitro groups is 1. The maximum Gasteiger partial charge on any atom is 0.308 e. The predicted octanol–water partition coefficient (Wildman–Crippen LogP) is 1.36. The van der Waals surface area contributed by atoms with Crippen LogP contribution >= 0.6 is 0 Å². The minimum Gasteiger partial charge on any atom is -0.481 e. The van der Waals surface area contributed by atoms with E-state index in [0.29, 0.717) is 12.0 Å². The zero-order valence-corrected chi connectivity index (χ0v) is 11.0. The summed E-state index contributed by atoms with van der Waals surface area (Å²) in [5.74, 6) is -1.85. The number of nitro benzene ring substituents is 1. The molecule has 1 atom stereocenters. The molecule has 0 heterocycles. The maximum atomic E-state index is 11.6. The number of carboxylic acids is 1. The molecule has 2 N–H and O–H groups in total. The fourth-order valence-electron chi connectivity index (χ4n) is 1.63. The number of non-ortho nitro benzene ring substituents is 1. The molecule has 0 saturated carbocycles. The van der Waals surface area contributed by atoms with E-state index in [9.17, 15) is 19.7 Å². The lowest BCUT2D eigenvalue weighted by molar-refractivity contribution is -0.384. The number of amides is 1. The zero-order chi connectivity index (χ0) is 15.1. The van der Waals surface area contributed by atoms with E-state index < -0.39 is 16.8 Å².